The summed E-state index contributed by atoms with van der Waals surface area (Å²) < 4.78 is 5.60. The van der Waals surface area contributed by atoms with E-state index in [0.717, 1.165) is 5.69 Å². The number of hydrogen-bond donors (Lipinski definition) is 2. The van der Waals surface area contributed by atoms with Crippen LogP contribution >= 0.6 is 23.2 Å². The Kier molecular flexibility index (Phi) is 3.74. The Balaban J connectivity index is 2.19. The zero-order valence-electron chi connectivity index (χ0n) is 8.78. The number of nitrogen functional groups attached to an aromatic ring is 1. The average Bonchev–Trinajstić information content (AvgIpc) is 2.34. The number of hydrogen-bond acceptors (Lipinski definition) is 3. The minimum atomic E-state index is 0.471. The van der Waals surface area contributed by atoms with E-state index in [9.17, 15) is 0 Å². The molecular weight excluding hydrogens is 259 g/mol. The van der Waals surface area contributed by atoms with E-state index in [1.54, 1.807) is 42.5 Å². The Morgan fingerprint density at radius 3 is 2.29 bits per heavy atom. The van der Waals surface area contributed by atoms with Crippen LogP contribution in [-0.2, 0) is 0 Å². The molecule has 0 amide bonds. The molecule has 0 heterocycles. The van der Waals surface area contributed by atoms with Gasteiger partial charge in [-0.05, 0) is 42.5 Å². The number of ether oxygens (including phenoxy) is 1. The quantitative estimate of drug-likeness (QED) is 0.652. The van der Waals surface area contributed by atoms with Crippen LogP contribution in [0.15, 0.2) is 42.5 Å². The molecule has 2 rings (SSSR count). The van der Waals surface area contributed by atoms with Gasteiger partial charge in [0, 0.05) is 10.7 Å². The Morgan fingerprint density at radius 2 is 1.71 bits per heavy atom. The molecule has 0 atom stereocenters. The lowest BCUT2D eigenvalue weighted by molar-refractivity contribution is 0.483. The van der Waals surface area contributed by atoms with E-state index in [4.69, 9.17) is 33.8 Å². The van der Waals surface area contributed by atoms with Crippen molar-refractivity contribution >= 4 is 28.9 Å². The van der Waals surface area contributed by atoms with E-state index in [1.807, 2.05) is 0 Å². The van der Waals surface area contributed by atoms with Gasteiger partial charge in [-0.3, -0.25) is 5.84 Å². The highest BCUT2D eigenvalue weighted by Crippen LogP contribution is 2.31. The molecule has 2 aromatic carbocycles. The van der Waals surface area contributed by atoms with Gasteiger partial charge in [-0.25, -0.2) is 0 Å². The van der Waals surface area contributed by atoms with Crippen molar-refractivity contribution in [1.82, 2.24) is 0 Å². The molecule has 88 valence electrons. The fourth-order valence-electron chi connectivity index (χ4n) is 1.30. The maximum atomic E-state index is 6.00. The molecule has 0 bridgehead atoms. The lowest BCUT2D eigenvalue weighted by atomic mass is 10.3. The fourth-order valence-corrected chi connectivity index (χ4v) is 1.75. The monoisotopic (exact) mass is 268 g/mol. The van der Waals surface area contributed by atoms with Gasteiger partial charge in [0.2, 0.25) is 0 Å². The molecule has 0 aliphatic heterocycles. The van der Waals surface area contributed by atoms with Crippen molar-refractivity contribution in [3.63, 3.8) is 0 Å². The summed E-state index contributed by atoms with van der Waals surface area (Å²) in [5.74, 6) is 6.50. The molecule has 0 unspecified atom stereocenters. The van der Waals surface area contributed by atoms with Crippen molar-refractivity contribution in [1.29, 1.82) is 0 Å². The first kappa shape index (κ1) is 12.0. The van der Waals surface area contributed by atoms with E-state index in [-0.39, 0.29) is 0 Å². The second-order valence-corrected chi connectivity index (χ2v) is 4.19. The molecule has 3 N–H and O–H groups in total. The predicted molar refractivity (Wildman–Crippen MR) is 70.8 cm³/mol. The van der Waals surface area contributed by atoms with Crippen molar-refractivity contribution < 1.29 is 4.74 Å². The first-order valence-corrected chi connectivity index (χ1v) is 5.64. The molecule has 17 heavy (non-hydrogen) atoms. The summed E-state index contributed by atoms with van der Waals surface area (Å²) in [6.45, 7) is 0. The minimum Gasteiger partial charge on any atom is -0.456 e. The SMILES string of the molecule is NNc1ccc(Oc2ccc(Cl)cc2Cl)cc1. The van der Waals surface area contributed by atoms with Gasteiger partial charge in [-0.1, -0.05) is 23.2 Å². The zero-order chi connectivity index (χ0) is 12.3. The number of anilines is 1. The largest absolute Gasteiger partial charge is 0.456 e. The molecular formula is C12H10Cl2N2O. The van der Waals surface area contributed by atoms with Crippen molar-refractivity contribution in [2.45, 2.75) is 0 Å². The van der Waals surface area contributed by atoms with Crippen molar-refractivity contribution in [3.8, 4) is 11.5 Å². The van der Waals surface area contributed by atoms with E-state index in [0.29, 0.717) is 21.5 Å². The normalized spacial score (nSPS) is 10.1. The minimum absolute atomic E-state index is 0.471. The van der Waals surface area contributed by atoms with Gasteiger partial charge in [-0.15, -0.1) is 0 Å². The van der Waals surface area contributed by atoms with Crippen molar-refractivity contribution in [2.75, 3.05) is 5.43 Å². The van der Waals surface area contributed by atoms with Crippen LogP contribution in [0.1, 0.15) is 0 Å². The molecule has 0 spiro atoms. The highest BCUT2D eigenvalue weighted by Gasteiger charge is 2.03. The fraction of sp³-hybridized carbons (Fsp3) is 0. The van der Waals surface area contributed by atoms with Gasteiger partial charge in [-0.2, -0.15) is 0 Å². The number of nitrogens with two attached hydrogens (primary N) is 1. The van der Waals surface area contributed by atoms with Crippen LogP contribution in [0, 0.1) is 0 Å². The summed E-state index contributed by atoms with van der Waals surface area (Å²) >= 11 is 11.8. The van der Waals surface area contributed by atoms with Crippen LogP contribution in [0.25, 0.3) is 0 Å². The summed E-state index contributed by atoms with van der Waals surface area (Å²) in [6.07, 6.45) is 0. The lowest BCUT2D eigenvalue weighted by Gasteiger charge is -2.08. The third-order valence-corrected chi connectivity index (χ3v) is 2.67. The van der Waals surface area contributed by atoms with Crippen molar-refractivity contribution in [2.24, 2.45) is 5.84 Å². The molecule has 0 radical (unpaired) electrons. The first-order chi connectivity index (χ1) is 8.19. The highest BCUT2D eigenvalue weighted by molar-refractivity contribution is 6.35. The van der Waals surface area contributed by atoms with Gasteiger partial charge < -0.3 is 10.2 Å². The van der Waals surface area contributed by atoms with Crippen LogP contribution in [0.3, 0.4) is 0 Å². The molecule has 0 aromatic heterocycles. The van der Waals surface area contributed by atoms with Gasteiger partial charge in [0.05, 0.1) is 5.02 Å². The van der Waals surface area contributed by atoms with Gasteiger partial charge in [0.1, 0.15) is 11.5 Å². The number of nitrogens with one attached hydrogen (secondary N) is 1. The number of rotatable bonds is 3. The molecule has 5 heteroatoms. The van der Waals surface area contributed by atoms with Crippen LogP contribution in [0.5, 0.6) is 11.5 Å². The van der Waals surface area contributed by atoms with E-state index in [2.05, 4.69) is 5.43 Å². The summed E-state index contributed by atoms with van der Waals surface area (Å²) in [4.78, 5) is 0. The average molecular weight is 269 g/mol. The second-order valence-electron chi connectivity index (χ2n) is 3.35. The number of halogens is 2. The summed E-state index contributed by atoms with van der Waals surface area (Å²) in [5.41, 5.74) is 3.34. The standard InChI is InChI=1S/C12H10Cl2N2O/c13-8-1-6-12(11(14)7-8)17-10-4-2-9(16-15)3-5-10/h1-7,16H,15H2. The maximum Gasteiger partial charge on any atom is 0.146 e. The molecule has 0 saturated heterocycles. The molecule has 0 fully saturated rings. The van der Waals surface area contributed by atoms with Crippen LogP contribution in [-0.4, -0.2) is 0 Å². The zero-order valence-corrected chi connectivity index (χ0v) is 10.3. The van der Waals surface area contributed by atoms with E-state index < -0.39 is 0 Å². The van der Waals surface area contributed by atoms with Crippen LogP contribution < -0.4 is 16.0 Å². The summed E-state index contributed by atoms with van der Waals surface area (Å²) in [6, 6.07) is 12.3. The molecule has 3 nitrogen and oxygen atoms in total. The number of hydrazine groups is 1. The third kappa shape index (κ3) is 3.03. The summed E-state index contributed by atoms with van der Waals surface area (Å²) in [7, 11) is 0. The van der Waals surface area contributed by atoms with Gasteiger partial charge in [0.25, 0.3) is 0 Å². The second kappa shape index (κ2) is 5.27. The van der Waals surface area contributed by atoms with Crippen LogP contribution in [0.2, 0.25) is 10.0 Å². The Hall–Kier alpha value is -1.42. The third-order valence-electron chi connectivity index (χ3n) is 2.14. The predicted octanol–water partition coefficient (Wildman–Crippen LogP) is 4.07. The van der Waals surface area contributed by atoms with Crippen LogP contribution in [0.4, 0.5) is 5.69 Å². The Bertz CT molecular complexity index is 514. The van der Waals surface area contributed by atoms with Gasteiger partial charge in [0.15, 0.2) is 0 Å². The number of benzene rings is 2. The molecule has 0 aliphatic rings. The smallest absolute Gasteiger partial charge is 0.146 e. The van der Waals surface area contributed by atoms with Crippen molar-refractivity contribution in [3.05, 3.63) is 52.5 Å². The van der Waals surface area contributed by atoms with Gasteiger partial charge >= 0.3 is 0 Å². The lowest BCUT2D eigenvalue weighted by Crippen LogP contribution is -2.05. The Labute approximate surface area is 109 Å². The Morgan fingerprint density at radius 1 is 1.00 bits per heavy atom. The molecule has 0 aliphatic carbocycles. The topological polar surface area (TPSA) is 47.3 Å². The molecule has 2 aromatic rings. The highest BCUT2D eigenvalue weighted by atomic mass is 35.5. The molecule has 0 saturated carbocycles. The van der Waals surface area contributed by atoms with E-state index >= 15 is 0 Å². The first-order valence-electron chi connectivity index (χ1n) is 4.88. The maximum absolute atomic E-state index is 6.00. The van der Waals surface area contributed by atoms with E-state index in [1.165, 1.54) is 0 Å². The summed E-state index contributed by atoms with van der Waals surface area (Å²) in [5, 5.41) is 1.04.